The first-order valence-corrected chi connectivity index (χ1v) is 6.40. The molecule has 0 radical (unpaired) electrons. The highest BCUT2D eigenvalue weighted by molar-refractivity contribution is 5.89. The molecule has 0 rings (SSSR count). The summed E-state index contributed by atoms with van der Waals surface area (Å²) >= 11 is 0. The Labute approximate surface area is 101 Å². The Morgan fingerprint density at radius 1 is 1.19 bits per heavy atom. The maximum Gasteiger partial charge on any atom is 0.155 e. The molecule has 1 heteroatoms. The van der Waals surface area contributed by atoms with Crippen LogP contribution in [0, 0.1) is 17.3 Å². The molecule has 94 valence electrons. The van der Waals surface area contributed by atoms with Gasteiger partial charge in [-0.2, -0.15) is 0 Å². The number of allylic oxidation sites excluding steroid dienone is 2. The van der Waals surface area contributed by atoms with E-state index >= 15 is 0 Å². The average molecular weight is 224 g/mol. The van der Waals surface area contributed by atoms with Gasteiger partial charge in [-0.25, -0.2) is 0 Å². The van der Waals surface area contributed by atoms with Crippen LogP contribution in [0.2, 0.25) is 0 Å². The molecule has 0 aliphatic rings. The zero-order chi connectivity index (χ0) is 12.8. The van der Waals surface area contributed by atoms with Crippen molar-refractivity contribution in [3.05, 3.63) is 12.2 Å². The van der Waals surface area contributed by atoms with Gasteiger partial charge in [0.05, 0.1) is 0 Å². The van der Waals surface area contributed by atoms with E-state index in [0.29, 0.717) is 23.7 Å². The Morgan fingerprint density at radius 2 is 1.75 bits per heavy atom. The second-order valence-electron chi connectivity index (χ2n) is 6.57. The van der Waals surface area contributed by atoms with Gasteiger partial charge in [0.2, 0.25) is 0 Å². The van der Waals surface area contributed by atoms with Crippen LogP contribution < -0.4 is 0 Å². The molecule has 0 saturated carbocycles. The number of carbonyl (C=O) groups excluding carboxylic acids is 1. The van der Waals surface area contributed by atoms with Gasteiger partial charge < -0.3 is 0 Å². The Bertz CT molecular complexity index is 230. The molecule has 0 N–H and O–H groups in total. The molecule has 0 aromatic rings. The van der Waals surface area contributed by atoms with E-state index < -0.39 is 0 Å². The van der Waals surface area contributed by atoms with E-state index in [4.69, 9.17) is 0 Å². The maximum absolute atomic E-state index is 11.4. The van der Waals surface area contributed by atoms with Gasteiger partial charge in [0, 0.05) is 6.42 Å². The van der Waals surface area contributed by atoms with Crippen molar-refractivity contribution in [2.75, 3.05) is 0 Å². The summed E-state index contributed by atoms with van der Waals surface area (Å²) in [7, 11) is 0. The smallest absolute Gasteiger partial charge is 0.155 e. The monoisotopic (exact) mass is 224 g/mol. The standard InChI is InChI=1S/C15H28O/c1-12(2)10-14(16)9-7-8-13(3)11-15(4,5)6/h7,9,12-13H,8,10-11H2,1-6H3. The topological polar surface area (TPSA) is 17.1 Å². The lowest BCUT2D eigenvalue weighted by Gasteiger charge is -2.22. The molecule has 0 aromatic carbocycles. The van der Waals surface area contributed by atoms with E-state index in [1.165, 1.54) is 6.42 Å². The first-order valence-electron chi connectivity index (χ1n) is 6.40. The van der Waals surface area contributed by atoms with Gasteiger partial charge in [-0.3, -0.25) is 4.79 Å². The van der Waals surface area contributed by atoms with Crippen LogP contribution in [0.5, 0.6) is 0 Å². The second kappa shape index (κ2) is 6.88. The largest absolute Gasteiger partial charge is 0.295 e. The van der Waals surface area contributed by atoms with Gasteiger partial charge in [-0.05, 0) is 36.2 Å². The van der Waals surface area contributed by atoms with E-state index in [1.807, 2.05) is 6.08 Å². The lowest BCUT2D eigenvalue weighted by Crippen LogP contribution is -2.10. The molecule has 0 amide bonds. The van der Waals surface area contributed by atoms with Gasteiger partial charge in [-0.1, -0.05) is 47.6 Å². The van der Waals surface area contributed by atoms with E-state index in [1.54, 1.807) is 6.08 Å². The summed E-state index contributed by atoms with van der Waals surface area (Å²) in [5, 5.41) is 0. The van der Waals surface area contributed by atoms with Crippen LogP contribution in [0.1, 0.15) is 60.8 Å². The predicted molar refractivity (Wildman–Crippen MR) is 71.5 cm³/mol. The van der Waals surface area contributed by atoms with E-state index in [2.05, 4.69) is 41.5 Å². The first kappa shape index (κ1) is 15.4. The summed E-state index contributed by atoms with van der Waals surface area (Å²) in [4.78, 5) is 11.4. The summed E-state index contributed by atoms with van der Waals surface area (Å²) in [6, 6.07) is 0. The third-order valence-corrected chi connectivity index (χ3v) is 2.41. The third kappa shape index (κ3) is 9.95. The Balaban J connectivity index is 3.87. The number of hydrogen-bond acceptors (Lipinski definition) is 1. The van der Waals surface area contributed by atoms with Crippen LogP contribution in [0.15, 0.2) is 12.2 Å². The van der Waals surface area contributed by atoms with E-state index in [9.17, 15) is 4.79 Å². The van der Waals surface area contributed by atoms with Crippen LogP contribution >= 0.6 is 0 Å². The van der Waals surface area contributed by atoms with Crippen molar-refractivity contribution in [3.8, 4) is 0 Å². The lowest BCUT2D eigenvalue weighted by atomic mass is 9.84. The zero-order valence-corrected chi connectivity index (χ0v) is 11.8. The van der Waals surface area contributed by atoms with Crippen molar-refractivity contribution >= 4 is 5.78 Å². The molecule has 0 heterocycles. The van der Waals surface area contributed by atoms with Crippen LogP contribution in [0.4, 0.5) is 0 Å². The molecule has 0 fully saturated rings. The molecule has 1 nitrogen and oxygen atoms in total. The zero-order valence-electron chi connectivity index (χ0n) is 11.8. The molecule has 0 spiro atoms. The number of rotatable bonds is 6. The molecule has 0 bridgehead atoms. The second-order valence-corrected chi connectivity index (χ2v) is 6.57. The molecule has 1 atom stereocenters. The maximum atomic E-state index is 11.4. The average Bonchev–Trinajstić information content (AvgIpc) is 1.98. The van der Waals surface area contributed by atoms with E-state index in [-0.39, 0.29) is 5.78 Å². The quantitative estimate of drug-likeness (QED) is 0.602. The summed E-state index contributed by atoms with van der Waals surface area (Å²) in [5.74, 6) is 1.38. The van der Waals surface area contributed by atoms with Crippen molar-refractivity contribution in [3.63, 3.8) is 0 Å². The number of carbonyl (C=O) groups is 1. The SMILES string of the molecule is CC(C)CC(=O)C=CCC(C)CC(C)(C)C. The molecule has 0 aliphatic heterocycles. The summed E-state index contributed by atoms with van der Waals surface area (Å²) in [6.07, 6.45) is 6.70. The van der Waals surface area contributed by atoms with Crippen LogP contribution in [0.3, 0.4) is 0 Å². The molecular formula is C15H28O. The van der Waals surface area contributed by atoms with Crippen LogP contribution in [-0.4, -0.2) is 5.78 Å². The van der Waals surface area contributed by atoms with Gasteiger partial charge in [0.1, 0.15) is 0 Å². The van der Waals surface area contributed by atoms with E-state index in [0.717, 1.165) is 6.42 Å². The number of ketones is 1. The molecule has 16 heavy (non-hydrogen) atoms. The van der Waals surface area contributed by atoms with Crippen molar-refractivity contribution in [2.45, 2.75) is 60.8 Å². The molecule has 0 aliphatic carbocycles. The highest BCUT2D eigenvalue weighted by Gasteiger charge is 2.14. The summed E-state index contributed by atoms with van der Waals surface area (Å²) in [5.41, 5.74) is 0.384. The van der Waals surface area contributed by atoms with Crippen LogP contribution in [-0.2, 0) is 4.79 Å². The van der Waals surface area contributed by atoms with Crippen LogP contribution in [0.25, 0.3) is 0 Å². The summed E-state index contributed by atoms with van der Waals surface area (Å²) < 4.78 is 0. The normalized spacial score (nSPS) is 14.7. The van der Waals surface area contributed by atoms with Gasteiger partial charge in [0.25, 0.3) is 0 Å². The Hall–Kier alpha value is -0.590. The van der Waals surface area contributed by atoms with Gasteiger partial charge in [0.15, 0.2) is 5.78 Å². The summed E-state index contributed by atoms with van der Waals surface area (Å²) in [6.45, 7) is 13.2. The van der Waals surface area contributed by atoms with Crippen molar-refractivity contribution < 1.29 is 4.79 Å². The number of hydrogen-bond donors (Lipinski definition) is 0. The lowest BCUT2D eigenvalue weighted by molar-refractivity contribution is -0.115. The minimum absolute atomic E-state index is 0.262. The van der Waals surface area contributed by atoms with Gasteiger partial charge >= 0.3 is 0 Å². The Kier molecular flexibility index (Phi) is 6.62. The molecule has 0 aromatic heterocycles. The fourth-order valence-electron chi connectivity index (χ4n) is 2.03. The predicted octanol–water partition coefficient (Wildman–Crippen LogP) is 4.62. The minimum atomic E-state index is 0.262. The van der Waals surface area contributed by atoms with Crippen molar-refractivity contribution in [1.29, 1.82) is 0 Å². The fourth-order valence-corrected chi connectivity index (χ4v) is 2.03. The van der Waals surface area contributed by atoms with Crippen molar-refractivity contribution in [2.24, 2.45) is 17.3 Å². The van der Waals surface area contributed by atoms with Crippen molar-refractivity contribution in [1.82, 2.24) is 0 Å². The third-order valence-electron chi connectivity index (χ3n) is 2.41. The highest BCUT2D eigenvalue weighted by atomic mass is 16.1. The minimum Gasteiger partial charge on any atom is -0.295 e. The fraction of sp³-hybridized carbons (Fsp3) is 0.800. The Morgan fingerprint density at radius 3 is 2.19 bits per heavy atom. The molecule has 0 saturated heterocycles. The molecule has 1 unspecified atom stereocenters. The highest BCUT2D eigenvalue weighted by Crippen LogP contribution is 2.26. The molecular weight excluding hydrogens is 196 g/mol. The first-order chi connectivity index (χ1) is 7.20. The van der Waals surface area contributed by atoms with Gasteiger partial charge in [-0.15, -0.1) is 0 Å².